The molecule has 1 N–H and O–H groups in total. The lowest BCUT2D eigenvalue weighted by Gasteiger charge is -2.04. The number of esters is 1. The van der Waals surface area contributed by atoms with Crippen LogP contribution in [-0.4, -0.2) is 32.8 Å². The van der Waals surface area contributed by atoms with Crippen molar-refractivity contribution < 1.29 is 14.6 Å². The van der Waals surface area contributed by atoms with Crippen LogP contribution in [0.25, 0.3) is 5.65 Å². The van der Waals surface area contributed by atoms with Crippen molar-refractivity contribution in [1.29, 1.82) is 0 Å². The molecule has 2 aromatic heterocycles. The molecule has 0 unspecified atom stereocenters. The molecule has 1 aromatic carbocycles. The summed E-state index contributed by atoms with van der Waals surface area (Å²) in [6, 6.07) is 10.4. The predicted octanol–water partition coefficient (Wildman–Crippen LogP) is 1.81. The highest BCUT2D eigenvalue weighted by Crippen LogP contribution is 2.19. The Bertz CT molecular complexity index is 811. The van der Waals surface area contributed by atoms with E-state index in [9.17, 15) is 9.90 Å². The third-order valence-corrected chi connectivity index (χ3v) is 3.23. The van der Waals surface area contributed by atoms with Gasteiger partial charge in [-0.15, -0.1) is 10.2 Å². The average Bonchev–Trinajstić information content (AvgIpc) is 2.91. The number of hydrogen-bond acceptors (Lipinski definition) is 5. The number of hydrogen-bond donors (Lipinski definition) is 1. The summed E-state index contributed by atoms with van der Waals surface area (Å²) in [4.78, 5) is 11.6. The molecule has 21 heavy (non-hydrogen) atoms. The van der Waals surface area contributed by atoms with Crippen molar-refractivity contribution in [3.63, 3.8) is 0 Å². The van der Waals surface area contributed by atoms with Gasteiger partial charge in [0.05, 0.1) is 12.7 Å². The van der Waals surface area contributed by atoms with Crippen LogP contribution in [0.4, 0.5) is 0 Å². The Kier molecular flexibility index (Phi) is 3.27. The lowest BCUT2D eigenvalue weighted by atomic mass is 10.1. The van der Waals surface area contributed by atoms with Gasteiger partial charge in [-0.25, -0.2) is 4.79 Å². The summed E-state index contributed by atoms with van der Waals surface area (Å²) >= 11 is 0. The Morgan fingerprint density at radius 3 is 2.81 bits per heavy atom. The third-order valence-electron chi connectivity index (χ3n) is 3.23. The van der Waals surface area contributed by atoms with Crippen LogP contribution < -0.4 is 0 Å². The molecule has 6 heteroatoms. The highest BCUT2D eigenvalue weighted by Gasteiger charge is 2.12. The highest BCUT2D eigenvalue weighted by atomic mass is 16.5. The highest BCUT2D eigenvalue weighted by molar-refractivity contribution is 5.89. The van der Waals surface area contributed by atoms with E-state index in [0.29, 0.717) is 23.5 Å². The first-order valence-corrected chi connectivity index (χ1v) is 6.38. The summed E-state index contributed by atoms with van der Waals surface area (Å²) in [5, 5.41) is 18.0. The minimum atomic E-state index is -0.417. The van der Waals surface area contributed by atoms with Crippen molar-refractivity contribution in [1.82, 2.24) is 14.6 Å². The Morgan fingerprint density at radius 1 is 1.24 bits per heavy atom. The molecule has 0 aliphatic carbocycles. The lowest BCUT2D eigenvalue weighted by Crippen LogP contribution is -2.04. The van der Waals surface area contributed by atoms with Crippen LogP contribution in [0.5, 0.6) is 5.75 Å². The summed E-state index contributed by atoms with van der Waals surface area (Å²) in [7, 11) is 1.33. The summed E-state index contributed by atoms with van der Waals surface area (Å²) in [6.07, 6.45) is 2.05. The first kappa shape index (κ1) is 13.1. The van der Waals surface area contributed by atoms with Gasteiger partial charge in [-0.05, 0) is 18.2 Å². The van der Waals surface area contributed by atoms with Gasteiger partial charge in [0.25, 0.3) is 0 Å². The van der Waals surface area contributed by atoms with Gasteiger partial charge in [-0.3, -0.25) is 4.40 Å². The number of ether oxygens (including phenoxy) is 1. The fraction of sp³-hybridized carbons (Fsp3) is 0.133. The van der Waals surface area contributed by atoms with E-state index in [0.717, 1.165) is 5.56 Å². The van der Waals surface area contributed by atoms with E-state index in [1.807, 2.05) is 12.1 Å². The van der Waals surface area contributed by atoms with Crippen LogP contribution in [0.2, 0.25) is 0 Å². The molecule has 3 aromatic rings. The minimum absolute atomic E-state index is 0.207. The predicted molar refractivity (Wildman–Crippen MR) is 75.2 cm³/mol. The minimum Gasteiger partial charge on any atom is -0.508 e. The lowest BCUT2D eigenvalue weighted by molar-refractivity contribution is 0.0600. The second-order valence-electron chi connectivity index (χ2n) is 4.56. The summed E-state index contributed by atoms with van der Waals surface area (Å²) < 4.78 is 6.43. The second kappa shape index (κ2) is 5.24. The monoisotopic (exact) mass is 283 g/mol. The van der Waals surface area contributed by atoms with Gasteiger partial charge in [0, 0.05) is 18.2 Å². The molecule has 0 saturated heterocycles. The van der Waals surface area contributed by atoms with Gasteiger partial charge in [0.15, 0.2) is 5.65 Å². The van der Waals surface area contributed by atoms with E-state index >= 15 is 0 Å². The number of aromatic hydroxyl groups is 1. The Labute approximate surface area is 120 Å². The van der Waals surface area contributed by atoms with E-state index in [2.05, 4.69) is 10.2 Å². The molecule has 0 amide bonds. The average molecular weight is 283 g/mol. The zero-order valence-corrected chi connectivity index (χ0v) is 11.4. The number of carbonyl (C=O) groups excluding carboxylic acids is 1. The van der Waals surface area contributed by atoms with E-state index < -0.39 is 5.97 Å². The first-order valence-electron chi connectivity index (χ1n) is 6.38. The topological polar surface area (TPSA) is 76.7 Å². The van der Waals surface area contributed by atoms with Gasteiger partial charge in [0.1, 0.15) is 11.6 Å². The van der Waals surface area contributed by atoms with Gasteiger partial charge in [-0.2, -0.15) is 0 Å². The number of aromatic nitrogens is 3. The third kappa shape index (κ3) is 2.43. The number of phenols is 1. The normalized spacial score (nSPS) is 10.7. The first-order chi connectivity index (χ1) is 10.2. The number of pyridine rings is 1. The molecule has 106 valence electrons. The zero-order chi connectivity index (χ0) is 14.8. The molecule has 0 radical (unpaired) electrons. The Balaban J connectivity index is 2.03. The SMILES string of the molecule is COC(=O)c1ccc2nnc(Cc3ccccc3O)n2c1. The Hall–Kier alpha value is -2.89. The van der Waals surface area contributed by atoms with Crippen molar-refractivity contribution in [2.45, 2.75) is 6.42 Å². The zero-order valence-electron chi connectivity index (χ0n) is 11.4. The fourth-order valence-electron chi connectivity index (χ4n) is 2.13. The van der Waals surface area contributed by atoms with Crippen molar-refractivity contribution in [3.05, 3.63) is 59.5 Å². The van der Waals surface area contributed by atoms with E-state index in [1.54, 1.807) is 34.9 Å². The number of benzene rings is 1. The van der Waals surface area contributed by atoms with Gasteiger partial charge in [-0.1, -0.05) is 18.2 Å². The van der Waals surface area contributed by atoms with Crippen LogP contribution in [0.1, 0.15) is 21.7 Å². The van der Waals surface area contributed by atoms with Gasteiger partial charge >= 0.3 is 5.97 Å². The van der Waals surface area contributed by atoms with Crippen molar-refractivity contribution in [2.24, 2.45) is 0 Å². The molecule has 0 bridgehead atoms. The molecule has 3 rings (SSSR count). The number of fused-ring (bicyclic) bond motifs is 1. The maximum atomic E-state index is 11.6. The molecular weight excluding hydrogens is 270 g/mol. The van der Waals surface area contributed by atoms with E-state index in [1.165, 1.54) is 7.11 Å². The fourth-order valence-corrected chi connectivity index (χ4v) is 2.13. The number of rotatable bonds is 3. The standard InChI is InChI=1S/C15H13N3O3/c1-21-15(20)11-6-7-13-16-17-14(18(13)9-11)8-10-4-2-3-5-12(10)19/h2-7,9,19H,8H2,1H3. The van der Waals surface area contributed by atoms with Crippen LogP contribution in [0.3, 0.4) is 0 Å². The molecule has 0 aliphatic rings. The number of nitrogens with zero attached hydrogens (tertiary/aromatic N) is 3. The van der Waals surface area contributed by atoms with Crippen molar-refractivity contribution >= 4 is 11.6 Å². The second-order valence-corrected chi connectivity index (χ2v) is 4.56. The number of para-hydroxylation sites is 1. The Morgan fingerprint density at radius 2 is 2.05 bits per heavy atom. The maximum absolute atomic E-state index is 11.6. The number of methoxy groups -OCH3 is 1. The number of phenolic OH excluding ortho intramolecular Hbond substituents is 1. The molecular formula is C15H13N3O3. The van der Waals surface area contributed by atoms with Crippen LogP contribution in [0, 0.1) is 0 Å². The number of carbonyl (C=O) groups is 1. The van der Waals surface area contributed by atoms with Crippen LogP contribution in [0.15, 0.2) is 42.6 Å². The summed E-state index contributed by atoms with van der Waals surface area (Å²) in [6.45, 7) is 0. The van der Waals surface area contributed by atoms with E-state index in [4.69, 9.17) is 4.74 Å². The van der Waals surface area contributed by atoms with E-state index in [-0.39, 0.29) is 5.75 Å². The molecule has 0 aliphatic heterocycles. The molecule has 6 nitrogen and oxygen atoms in total. The molecule has 0 spiro atoms. The summed E-state index contributed by atoms with van der Waals surface area (Å²) in [5.41, 5.74) is 1.80. The maximum Gasteiger partial charge on any atom is 0.339 e. The quantitative estimate of drug-likeness (QED) is 0.742. The largest absolute Gasteiger partial charge is 0.508 e. The summed E-state index contributed by atoms with van der Waals surface area (Å²) in [5.74, 6) is 0.426. The molecule has 0 atom stereocenters. The van der Waals surface area contributed by atoms with Crippen LogP contribution >= 0.6 is 0 Å². The van der Waals surface area contributed by atoms with Crippen molar-refractivity contribution in [3.8, 4) is 5.75 Å². The molecule has 0 saturated carbocycles. The van der Waals surface area contributed by atoms with Gasteiger partial charge < -0.3 is 9.84 Å². The van der Waals surface area contributed by atoms with Crippen molar-refractivity contribution in [2.75, 3.05) is 7.11 Å². The molecule has 0 fully saturated rings. The smallest absolute Gasteiger partial charge is 0.339 e. The van der Waals surface area contributed by atoms with Crippen LogP contribution in [-0.2, 0) is 11.2 Å². The molecule has 2 heterocycles. The van der Waals surface area contributed by atoms with Gasteiger partial charge in [0.2, 0.25) is 0 Å².